The fourth-order valence-corrected chi connectivity index (χ4v) is 3.39. The molecule has 0 aliphatic rings. The molecular formula is C25H48O4. The van der Waals surface area contributed by atoms with Crippen molar-refractivity contribution < 1.29 is 19.1 Å². The summed E-state index contributed by atoms with van der Waals surface area (Å²) < 4.78 is 11.0. The molecule has 0 aromatic heterocycles. The van der Waals surface area contributed by atoms with E-state index in [1.807, 2.05) is 0 Å². The SMILES string of the molecule is CCC(COC(=O)CCCCC(C)C)CC(CC)COC(=O)CCCCC(C)C. The Morgan fingerprint density at radius 3 is 1.34 bits per heavy atom. The Morgan fingerprint density at radius 2 is 1.03 bits per heavy atom. The molecule has 29 heavy (non-hydrogen) atoms. The Bertz CT molecular complexity index is 379. The van der Waals surface area contributed by atoms with E-state index in [0.29, 0.717) is 49.7 Å². The minimum absolute atomic E-state index is 0.0759. The van der Waals surface area contributed by atoms with Gasteiger partial charge in [0.2, 0.25) is 0 Å². The summed E-state index contributed by atoms with van der Waals surface area (Å²) in [6.07, 6.45) is 10.3. The number of hydrogen-bond acceptors (Lipinski definition) is 4. The van der Waals surface area contributed by atoms with E-state index in [4.69, 9.17) is 9.47 Å². The van der Waals surface area contributed by atoms with E-state index in [-0.39, 0.29) is 11.9 Å². The molecule has 2 atom stereocenters. The molecule has 0 bridgehead atoms. The second-order valence-electron chi connectivity index (χ2n) is 9.43. The van der Waals surface area contributed by atoms with Crippen LogP contribution in [0.3, 0.4) is 0 Å². The molecule has 4 heteroatoms. The van der Waals surface area contributed by atoms with Crippen LogP contribution in [0.15, 0.2) is 0 Å². The van der Waals surface area contributed by atoms with Crippen LogP contribution in [-0.2, 0) is 19.1 Å². The molecule has 4 nitrogen and oxygen atoms in total. The smallest absolute Gasteiger partial charge is 0.305 e. The number of hydrogen-bond donors (Lipinski definition) is 0. The molecule has 172 valence electrons. The third-order valence-corrected chi connectivity index (χ3v) is 5.61. The summed E-state index contributed by atoms with van der Waals surface area (Å²) in [7, 11) is 0. The van der Waals surface area contributed by atoms with Gasteiger partial charge in [-0.2, -0.15) is 0 Å². The van der Waals surface area contributed by atoms with Gasteiger partial charge < -0.3 is 9.47 Å². The van der Waals surface area contributed by atoms with Gasteiger partial charge in [0.05, 0.1) is 13.2 Å². The van der Waals surface area contributed by atoms with E-state index in [9.17, 15) is 9.59 Å². The highest BCUT2D eigenvalue weighted by atomic mass is 16.5. The van der Waals surface area contributed by atoms with Crippen LogP contribution in [0, 0.1) is 23.7 Å². The van der Waals surface area contributed by atoms with Crippen molar-refractivity contribution in [3.05, 3.63) is 0 Å². The fourth-order valence-electron chi connectivity index (χ4n) is 3.39. The lowest BCUT2D eigenvalue weighted by Gasteiger charge is -2.21. The van der Waals surface area contributed by atoms with Gasteiger partial charge in [0.15, 0.2) is 0 Å². The highest BCUT2D eigenvalue weighted by molar-refractivity contribution is 5.69. The number of ether oxygens (including phenoxy) is 2. The lowest BCUT2D eigenvalue weighted by atomic mass is 9.92. The van der Waals surface area contributed by atoms with Gasteiger partial charge in [-0.1, -0.05) is 80.1 Å². The molecule has 0 saturated heterocycles. The zero-order valence-corrected chi connectivity index (χ0v) is 20.1. The second kappa shape index (κ2) is 17.8. The van der Waals surface area contributed by atoms with Crippen molar-refractivity contribution in [1.29, 1.82) is 0 Å². The molecule has 2 unspecified atom stereocenters. The van der Waals surface area contributed by atoms with Crippen LogP contribution in [0.1, 0.15) is 112 Å². The van der Waals surface area contributed by atoms with Crippen molar-refractivity contribution in [2.24, 2.45) is 23.7 Å². The van der Waals surface area contributed by atoms with Crippen molar-refractivity contribution in [2.45, 2.75) is 112 Å². The summed E-state index contributed by atoms with van der Waals surface area (Å²) in [6.45, 7) is 14.1. The summed E-state index contributed by atoms with van der Waals surface area (Å²) in [6, 6.07) is 0. The first kappa shape index (κ1) is 27.9. The largest absolute Gasteiger partial charge is 0.465 e. The molecule has 0 rings (SSSR count). The van der Waals surface area contributed by atoms with Crippen LogP contribution < -0.4 is 0 Å². The normalized spacial score (nSPS) is 13.5. The summed E-state index contributed by atoms with van der Waals surface area (Å²) in [5, 5.41) is 0. The molecule has 0 aromatic rings. The molecule has 0 radical (unpaired) electrons. The van der Waals surface area contributed by atoms with E-state index in [1.165, 1.54) is 12.8 Å². The quantitative estimate of drug-likeness (QED) is 0.180. The Labute approximate surface area is 180 Å². The van der Waals surface area contributed by atoms with Crippen LogP contribution in [-0.4, -0.2) is 25.2 Å². The number of carbonyl (C=O) groups is 2. The van der Waals surface area contributed by atoms with Crippen molar-refractivity contribution in [3.8, 4) is 0 Å². The molecule has 0 N–H and O–H groups in total. The summed E-state index contributed by atoms with van der Waals surface area (Å²) in [5.41, 5.74) is 0. The van der Waals surface area contributed by atoms with Gasteiger partial charge in [-0.25, -0.2) is 0 Å². The van der Waals surface area contributed by atoms with Crippen molar-refractivity contribution >= 4 is 11.9 Å². The first-order valence-electron chi connectivity index (χ1n) is 12.1. The first-order chi connectivity index (χ1) is 13.8. The van der Waals surface area contributed by atoms with Gasteiger partial charge in [-0.3, -0.25) is 9.59 Å². The number of rotatable bonds is 18. The Morgan fingerprint density at radius 1 is 0.655 bits per heavy atom. The number of carbonyl (C=O) groups excluding carboxylic acids is 2. The monoisotopic (exact) mass is 412 g/mol. The summed E-state index contributed by atoms with van der Waals surface area (Å²) >= 11 is 0. The van der Waals surface area contributed by atoms with Gasteiger partial charge in [0, 0.05) is 12.8 Å². The van der Waals surface area contributed by atoms with Crippen molar-refractivity contribution in [3.63, 3.8) is 0 Å². The molecule has 0 aliphatic heterocycles. The minimum atomic E-state index is -0.0759. The predicted molar refractivity (Wildman–Crippen MR) is 121 cm³/mol. The van der Waals surface area contributed by atoms with Crippen LogP contribution in [0.4, 0.5) is 0 Å². The highest BCUT2D eigenvalue weighted by Crippen LogP contribution is 2.20. The number of unbranched alkanes of at least 4 members (excludes halogenated alkanes) is 2. The standard InChI is InChI=1S/C25H48O4/c1-7-22(18-28-24(26)15-11-9-13-20(3)4)17-23(8-2)19-29-25(27)16-12-10-14-21(5)6/h20-23H,7-19H2,1-6H3. The Balaban J connectivity index is 4.04. The summed E-state index contributed by atoms with van der Waals surface area (Å²) in [5.74, 6) is 1.90. The highest BCUT2D eigenvalue weighted by Gasteiger charge is 2.18. The minimum Gasteiger partial charge on any atom is -0.465 e. The van der Waals surface area contributed by atoms with Crippen LogP contribution in [0.2, 0.25) is 0 Å². The van der Waals surface area contributed by atoms with E-state index < -0.39 is 0 Å². The Hall–Kier alpha value is -1.06. The summed E-state index contributed by atoms with van der Waals surface area (Å²) in [4.78, 5) is 23.9. The molecule has 0 amide bonds. The van der Waals surface area contributed by atoms with E-state index in [2.05, 4.69) is 41.5 Å². The molecule has 0 spiro atoms. The topological polar surface area (TPSA) is 52.6 Å². The van der Waals surface area contributed by atoms with E-state index >= 15 is 0 Å². The Kier molecular flexibility index (Phi) is 17.1. The molecule has 0 saturated carbocycles. The fraction of sp³-hybridized carbons (Fsp3) is 0.920. The van der Waals surface area contributed by atoms with Crippen molar-refractivity contribution in [1.82, 2.24) is 0 Å². The van der Waals surface area contributed by atoms with Crippen LogP contribution in [0.5, 0.6) is 0 Å². The average molecular weight is 413 g/mol. The average Bonchev–Trinajstić information content (AvgIpc) is 2.67. The maximum atomic E-state index is 12.0. The van der Waals surface area contributed by atoms with E-state index in [1.54, 1.807) is 0 Å². The predicted octanol–water partition coefficient (Wildman–Crippen LogP) is 6.95. The van der Waals surface area contributed by atoms with E-state index in [0.717, 1.165) is 44.9 Å². The third kappa shape index (κ3) is 17.5. The van der Waals surface area contributed by atoms with Gasteiger partial charge in [0.1, 0.15) is 0 Å². The maximum absolute atomic E-state index is 12.0. The lowest BCUT2D eigenvalue weighted by molar-refractivity contribution is -0.145. The van der Waals surface area contributed by atoms with Gasteiger partial charge in [0.25, 0.3) is 0 Å². The van der Waals surface area contributed by atoms with Gasteiger partial charge >= 0.3 is 11.9 Å². The van der Waals surface area contributed by atoms with Crippen molar-refractivity contribution in [2.75, 3.05) is 13.2 Å². The number of esters is 2. The molecular weight excluding hydrogens is 364 g/mol. The third-order valence-electron chi connectivity index (χ3n) is 5.61. The van der Waals surface area contributed by atoms with Gasteiger partial charge in [-0.15, -0.1) is 0 Å². The molecule has 0 aromatic carbocycles. The van der Waals surface area contributed by atoms with Gasteiger partial charge in [-0.05, 0) is 42.9 Å². The molecule has 0 heterocycles. The van der Waals surface area contributed by atoms with Crippen LogP contribution >= 0.6 is 0 Å². The molecule has 0 fully saturated rings. The first-order valence-corrected chi connectivity index (χ1v) is 12.1. The zero-order valence-electron chi connectivity index (χ0n) is 20.1. The maximum Gasteiger partial charge on any atom is 0.305 e. The lowest BCUT2D eigenvalue weighted by Crippen LogP contribution is -2.20. The zero-order chi connectivity index (χ0) is 22.1. The molecule has 0 aliphatic carbocycles. The van der Waals surface area contributed by atoms with Crippen LogP contribution in [0.25, 0.3) is 0 Å². The second-order valence-corrected chi connectivity index (χ2v) is 9.43.